The predicted octanol–water partition coefficient (Wildman–Crippen LogP) is 3.60. The first-order valence-electron chi connectivity index (χ1n) is 6.90. The van der Waals surface area contributed by atoms with Gasteiger partial charge in [-0.2, -0.15) is 0 Å². The highest BCUT2D eigenvalue weighted by Gasteiger charge is 2.19. The molecule has 1 amide bonds. The Morgan fingerprint density at radius 3 is 2.67 bits per heavy atom. The van der Waals surface area contributed by atoms with Crippen LogP contribution in [-0.4, -0.2) is 22.5 Å². The third-order valence-electron chi connectivity index (χ3n) is 2.98. The summed E-state index contributed by atoms with van der Waals surface area (Å²) in [5.41, 5.74) is 1.31. The number of amides is 1. The highest BCUT2D eigenvalue weighted by Crippen LogP contribution is 2.28. The van der Waals surface area contributed by atoms with Crippen LogP contribution < -0.4 is 10.6 Å². The van der Waals surface area contributed by atoms with Crippen molar-refractivity contribution in [2.45, 2.75) is 39.3 Å². The van der Waals surface area contributed by atoms with E-state index >= 15 is 0 Å². The van der Waals surface area contributed by atoms with Crippen LogP contribution in [-0.2, 0) is 4.79 Å². The maximum Gasteiger partial charge on any atom is 0.242 e. The lowest BCUT2D eigenvalue weighted by atomic mass is 10.1. The van der Waals surface area contributed by atoms with E-state index in [2.05, 4.69) is 15.6 Å². The van der Waals surface area contributed by atoms with Gasteiger partial charge in [0.05, 0.1) is 16.2 Å². The zero-order valence-electron chi connectivity index (χ0n) is 12.7. The minimum Gasteiger partial charge on any atom is -0.372 e. The van der Waals surface area contributed by atoms with Crippen molar-refractivity contribution in [1.82, 2.24) is 10.3 Å². The normalized spacial score (nSPS) is 13.0. The van der Waals surface area contributed by atoms with Gasteiger partial charge in [0, 0.05) is 17.1 Å². The Morgan fingerprint density at radius 2 is 2.00 bits per heavy atom. The number of hydrogen-bond acceptors (Lipinski definition) is 3. The van der Waals surface area contributed by atoms with Crippen LogP contribution in [0.15, 0.2) is 30.5 Å². The monoisotopic (exact) mass is 305 g/mol. The number of carbonyl (C=O) groups excluding carboxylic acids is 1. The molecule has 0 fully saturated rings. The molecular formula is C16H20ClN3O. The molecule has 0 radical (unpaired) electrons. The van der Waals surface area contributed by atoms with Crippen molar-refractivity contribution in [3.8, 4) is 0 Å². The second-order valence-corrected chi connectivity index (χ2v) is 6.51. The Hall–Kier alpha value is -1.81. The second-order valence-electron chi connectivity index (χ2n) is 6.10. The van der Waals surface area contributed by atoms with Crippen molar-refractivity contribution in [3.05, 3.63) is 35.5 Å². The van der Waals surface area contributed by atoms with Crippen LogP contribution in [0.2, 0.25) is 5.02 Å². The molecule has 1 heterocycles. The molecule has 2 aromatic rings. The van der Waals surface area contributed by atoms with Gasteiger partial charge in [-0.3, -0.25) is 9.78 Å². The number of anilines is 1. The van der Waals surface area contributed by atoms with Gasteiger partial charge in [-0.25, -0.2) is 0 Å². The van der Waals surface area contributed by atoms with Gasteiger partial charge < -0.3 is 10.6 Å². The molecule has 4 nitrogen and oxygen atoms in total. The summed E-state index contributed by atoms with van der Waals surface area (Å²) >= 11 is 6.17. The van der Waals surface area contributed by atoms with E-state index < -0.39 is 0 Å². The highest BCUT2D eigenvalue weighted by atomic mass is 35.5. The van der Waals surface area contributed by atoms with Crippen LogP contribution in [0.1, 0.15) is 27.7 Å². The standard InChI is InChI=1S/C16H20ClN3O/c1-10(15(21)20-16(2,3)4)19-13-8-7-12(17)11-6-5-9-18-14(11)13/h5-10,19H,1-4H3,(H,20,21). The largest absolute Gasteiger partial charge is 0.372 e. The Kier molecular flexibility index (Phi) is 4.37. The van der Waals surface area contributed by atoms with Crippen molar-refractivity contribution >= 4 is 34.1 Å². The van der Waals surface area contributed by atoms with Crippen molar-refractivity contribution in [2.75, 3.05) is 5.32 Å². The minimum absolute atomic E-state index is 0.0541. The maximum absolute atomic E-state index is 12.1. The molecule has 0 spiro atoms. The van der Waals surface area contributed by atoms with E-state index in [-0.39, 0.29) is 17.5 Å². The fourth-order valence-electron chi connectivity index (χ4n) is 2.03. The fraction of sp³-hybridized carbons (Fsp3) is 0.375. The molecule has 0 saturated carbocycles. The van der Waals surface area contributed by atoms with Crippen LogP contribution in [0.3, 0.4) is 0 Å². The molecule has 5 heteroatoms. The number of halogens is 1. The van der Waals surface area contributed by atoms with E-state index in [9.17, 15) is 4.79 Å². The third kappa shape index (κ3) is 3.85. The SMILES string of the molecule is CC(Nc1ccc(Cl)c2cccnc12)C(=O)NC(C)(C)C. The molecule has 0 aliphatic rings. The summed E-state index contributed by atoms with van der Waals surface area (Å²) in [4.78, 5) is 16.5. The quantitative estimate of drug-likeness (QED) is 0.911. The van der Waals surface area contributed by atoms with Crippen LogP contribution in [0.4, 0.5) is 5.69 Å². The fourth-order valence-corrected chi connectivity index (χ4v) is 2.25. The zero-order chi connectivity index (χ0) is 15.6. The summed E-state index contributed by atoms with van der Waals surface area (Å²) in [6.45, 7) is 7.69. The van der Waals surface area contributed by atoms with Gasteiger partial charge >= 0.3 is 0 Å². The Morgan fingerprint density at radius 1 is 1.29 bits per heavy atom. The van der Waals surface area contributed by atoms with E-state index in [1.165, 1.54) is 0 Å². The van der Waals surface area contributed by atoms with Crippen LogP contribution in [0.25, 0.3) is 10.9 Å². The van der Waals surface area contributed by atoms with E-state index in [0.29, 0.717) is 5.02 Å². The lowest BCUT2D eigenvalue weighted by Crippen LogP contribution is -2.47. The van der Waals surface area contributed by atoms with Crippen LogP contribution in [0, 0.1) is 0 Å². The molecule has 2 N–H and O–H groups in total. The Bertz CT molecular complexity index is 664. The average Bonchev–Trinajstić information content (AvgIpc) is 2.40. The smallest absolute Gasteiger partial charge is 0.242 e. The van der Waals surface area contributed by atoms with Crippen molar-refractivity contribution < 1.29 is 4.79 Å². The van der Waals surface area contributed by atoms with Gasteiger partial charge in [0.25, 0.3) is 0 Å². The topological polar surface area (TPSA) is 54.0 Å². The number of pyridine rings is 1. The highest BCUT2D eigenvalue weighted by molar-refractivity contribution is 6.35. The summed E-state index contributed by atoms with van der Waals surface area (Å²) in [6, 6.07) is 7.04. The zero-order valence-corrected chi connectivity index (χ0v) is 13.5. The first-order valence-corrected chi connectivity index (χ1v) is 7.27. The van der Waals surface area contributed by atoms with Gasteiger partial charge in [0.2, 0.25) is 5.91 Å². The van der Waals surface area contributed by atoms with E-state index in [0.717, 1.165) is 16.6 Å². The summed E-state index contributed by atoms with van der Waals surface area (Å²) in [6.07, 6.45) is 1.71. The van der Waals surface area contributed by atoms with Gasteiger partial charge in [-0.1, -0.05) is 11.6 Å². The molecule has 0 saturated heterocycles. The number of aromatic nitrogens is 1. The Balaban J connectivity index is 2.24. The second kappa shape index (κ2) is 5.90. The number of rotatable bonds is 3. The average molecular weight is 306 g/mol. The first kappa shape index (κ1) is 15.6. The molecule has 112 valence electrons. The van der Waals surface area contributed by atoms with E-state index in [1.807, 2.05) is 52.0 Å². The van der Waals surface area contributed by atoms with Crippen LogP contribution >= 0.6 is 11.6 Å². The molecule has 0 bridgehead atoms. The van der Waals surface area contributed by atoms with Gasteiger partial charge in [-0.05, 0) is 52.0 Å². The summed E-state index contributed by atoms with van der Waals surface area (Å²) in [5, 5.41) is 7.67. The number of nitrogens with zero attached hydrogens (tertiary/aromatic N) is 1. The molecule has 21 heavy (non-hydrogen) atoms. The molecule has 1 aromatic carbocycles. The van der Waals surface area contributed by atoms with Crippen molar-refractivity contribution in [3.63, 3.8) is 0 Å². The lowest BCUT2D eigenvalue weighted by molar-refractivity contribution is -0.122. The van der Waals surface area contributed by atoms with Gasteiger partial charge in [0.15, 0.2) is 0 Å². The number of fused-ring (bicyclic) bond motifs is 1. The van der Waals surface area contributed by atoms with Crippen LogP contribution in [0.5, 0.6) is 0 Å². The first-order chi connectivity index (χ1) is 9.78. The molecule has 1 atom stereocenters. The van der Waals surface area contributed by atoms with E-state index in [1.54, 1.807) is 6.20 Å². The third-order valence-corrected chi connectivity index (χ3v) is 3.31. The number of carbonyl (C=O) groups is 1. The number of nitrogens with one attached hydrogen (secondary N) is 2. The Labute approximate surface area is 129 Å². The number of benzene rings is 1. The molecule has 2 rings (SSSR count). The summed E-state index contributed by atoms with van der Waals surface area (Å²) in [5.74, 6) is -0.0541. The number of hydrogen-bond donors (Lipinski definition) is 2. The molecule has 0 aliphatic carbocycles. The molecule has 1 aromatic heterocycles. The van der Waals surface area contributed by atoms with E-state index in [4.69, 9.17) is 11.6 Å². The van der Waals surface area contributed by atoms with Crippen molar-refractivity contribution in [2.24, 2.45) is 0 Å². The summed E-state index contributed by atoms with van der Waals surface area (Å²) < 4.78 is 0. The maximum atomic E-state index is 12.1. The van der Waals surface area contributed by atoms with Gasteiger partial charge in [0.1, 0.15) is 6.04 Å². The minimum atomic E-state index is -0.365. The van der Waals surface area contributed by atoms with Crippen molar-refractivity contribution in [1.29, 1.82) is 0 Å². The summed E-state index contributed by atoms with van der Waals surface area (Å²) in [7, 11) is 0. The van der Waals surface area contributed by atoms with Gasteiger partial charge in [-0.15, -0.1) is 0 Å². The lowest BCUT2D eigenvalue weighted by Gasteiger charge is -2.24. The predicted molar refractivity (Wildman–Crippen MR) is 87.7 cm³/mol. The molecular weight excluding hydrogens is 286 g/mol. The molecule has 0 aliphatic heterocycles. The molecule has 1 unspecified atom stereocenters.